The van der Waals surface area contributed by atoms with Gasteiger partial charge >= 0.3 is 0 Å². The van der Waals surface area contributed by atoms with Crippen LogP contribution in [0.1, 0.15) is 18.4 Å². The molecule has 1 aliphatic heterocycles. The highest BCUT2D eigenvalue weighted by molar-refractivity contribution is 9.10. The number of likely N-dealkylation sites (N-methyl/N-ethyl adjacent to an activating group) is 1. The fourth-order valence-electron chi connectivity index (χ4n) is 3.21. The average Bonchev–Trinajstić information content (AvgIpc) is 2.69. The van der Waals surface area contributed by atoms with E-state index in [-0.39, 0.29) is 5.91 Å². The van der Waals surface area contributed by atoms with Crippen molar-refractivity contribution < 1.29 is 9.53 Å². The van der Waals surface area contributed by atoms with E-state index in [1.165, 1.54) is 5.56 Å². The van der Waals surface area contributed by atoms with Crippen molar-refractivity contribution >= 4 is 27.5 Å². The van der Waals surface area contributed by atoms with E-state index < -0.39 is 0 Å². The van der Waals surface area contributed by atoms with Gasteiger partial charge in [-0.15, -0.1) is 0 Å². The molecule has 0 radical (unpaired) electrons. The summed E-state index contributed by atoms with van der Waals surface area (Å²) in [7, 11) is 2.16. The van der Waals surface area contributed by atoms with Gasteiger partial charge in [-0.3, -0.25) is 9.69 Å². The van der Waals surface area contributed by atoms with E-state index in [0.717, 1.165) is 48.6 Å². The van der Waals surface area contributed by atoms with Crippen LogP contribution in [0.4, 0.5) is 5.69 Å². The van der Waals surface area contributed by atoms with Gasteiger partial charge in [0.1, 0.15) is 5.75 Å². The first-order valence-corrected chi connectivity index (χ1v) is 10.6. The van der Waals surface area contributed by atoms with Gasteiger partial charge in [-0.25, -0.2) is 0 Å². The van der Waals surface area contributed by atoms with Gasteiger partial charge < -0.3 is 15.0 Å². The third-order valence-corrected chi connectivity index (χ3v) is 5.51. The normalized spacial score (nSPS) is 15.4. The van der Waals surface area contributed by atoms with Crippen molar-refractivity contribution in [3.8, 4) is 5.75 Å². The minimum Gasteiger partial charge on any atom is -0.492 e. The maximum Gasteiger partial charge on any atom is 0.224 e. The molecule has 1 heterocycles. The summed E-state index contributed by atoms with van der Waals surface area (Å²) in [6.07, 6.45) is 1.11. The van der Waals surface area contributed by atoms with Crippen LogP contribution in [0.5, 0.6) is 5.75 Å². The summed E-state index contributed by atoms with van der Waals surface area (Å²) >= 11 is 3.46. The number of rotatable bonds is 8. The molecule has 0 atom stereocenters. The lowest BCUT2D eigenvalue weighted by Crippen LogP contribution is -2.43. The van der Waals surface area contributed by atoms with Crippen molar-refractivity contribution in [1.29, 1.82) is 0 Å². The monoisotopic (exact) mass is 445 g/mol. The van der Waals surface area contributed by atoms with Crippen molar-refractivity contribution in [1.82, 2.24) is 9.80 Å². The first-order valence-electron chi connectivity index (χ1n) is 9.77. The number of hydrogen-bond acceptors (Lipinski definition) is 4. The summed E-state index contributed by atoms with van der Waals surface area (Å²) in [5.74, 6) is 0.826. The number of nitrogens with zero attached hydrogens (tertiary/aromatic N) is 2. The van der Waals surface area contributed by atoms with E-state index >= 15 is 0 Å². The number of para-hydroxylation sites is 1. The summed E-state index contributed by atoms with van der Waals surface area (Å²) in [4.78, 5) is 17.0. The number of piperazine rings is 1. The molecule has 1 saturated heterocycles. The van der Waals surface area contributed by atoms with Crippen molar-refractivity contribution in [3.63, 3.8) is 0 Å². The lowest BCUT2D eigenvalue weighted by atomic mass is 10.1. The van der Waals surface area contributed by atoms with E-state index in [1.54, 1.807) is 0 Å². The van der Waals surface area contributed by atoms with Crippen LogP contribution < -0.4 is 10.1 Å². The highest BCUT2D eigenvalue weighted by Crippen LogP contribution is 2.24. The SMILES string of the molecule is CN1CCN(Cc2cccc(NC(=O)CCCOc3ccccc3Br)c2)CC1. The Morgan fingerprint density at radius 3 is 2.68 bits per heavy atom. The quantitative estimate of drug-likeness (QED) is 0.623. The van der Waals surface area contributed by atoms with Crippen LogP contribution in [0.2, 0.25) is 0 Å². The highest BCUT2D eigenvalue weighted by Gasteiger charge is 2.14. The Morgan fingerprint density at radius 1 is 1.11 bits per heavy atom. The predicted octanol–water partition coefficient (Wildman–Crippen LogP) is 3.99. The number of benzene rings is 2. The number of halogens is 1. The summed E-state index contributed by atoms with van der Waals surface area (Å²) in [5.41, 5.74) is 2.10. The van der Waals surface area contributed by atoms with E-state index in [2.05, 4.69) is 50.2 Å². The zero-order valence-corrected chi connectivity index (χ0v) is 18.0. The van der Waals surface area contributed by atoms with Gasteiger partial charge in [0, 0.05) is 44.8 Å². The van der Waals surface area contributed by atoms with Crippen molar-refractivity contribution in [2.75, 3.05) is 45.2 Å². The molecule has 1 fully saturated rings. The standard InChI is InChI=1S/C22H28BrN3O2/c1-25-11-13-26(14-12-25)17-18-6-4-7-19(16-18)24-22(27)10-5-15-28-21-9-3-2-8-20(21)23/h2-4,6-9,16H,5,10-15,17H2,1H3,(H,24,27). The number of amides is 1. The molecule has 3 rings (SSSR count). The summed E-state index contributed by atoms with van der Waals surface area (Å²) < 4.78 is 6.64. The number of anilines is 1. The Hall–Kier alpha value is -1.89. The van der Waals surface area contributed by atoms with Crippen LogP contribution in [0.15, 0.2) is 53.0 Å². The van der Waals surface area contributed by atoms with Crippen LogP contribution >= 0.6 is 15.9 Å². The number of ether oxygens (including phenoxy) is 1. The van der Waals surface area contributed by atoms with Crippen LogP contribution in [0, 0.1) is 0 Å². The molecular weight excluding hydrogens is 418 g/mol. The minimum atomic E-state index is 0.0208. The second-order valence-corrected chi connectivity index (χ2v) is 8.06. The summed E-state index contributed by atoms with van der Waals surface area (Å²) in [6.45, 7) is 5.84. The molecule has 1 aliphatic rings. The van der Waals surface area contributed by atoms with Crippen LogP contribution in [0.3, 0.4) is 0 Å². The molecule has 28 heavy (non-hydrogen) atoms. The Balaban J connectivity index is 1.40. The molecule has 0 aromatic heterocycles. The van der Waals surface area contributed by atoms with E-state index in [0.29, 0.717) is 19.4 Å². The van der Waals surface area contributed by atoms with Crippen LogP contribution in [-0.2, 0) is 11.3 Å². The van der Waals surface area contributed by atoms with Gasteiger partial charge in [0.2, 0.25) is 5.91 Å². The van der Waals surface area contributed by atoms with Gasteiger partial charge in [0.25, 0.3) is 0 Å². The molecule has 2 aromatic rings. The molecular formula is C22H28BrN3O2. The average molecular weight is 446 g/mol. The molecule has 150 valence electrons. The smallest absolute Gasteiger partial charge is 0.224 e. The molecule has 6 heteroatoms. The second-order valence-electron chi connectivity index (χ2n) is 7.21. The van der Waals surface area contributed by atoms with Crippen LogP contribution in [0.25, 0.3) is 0 Å². The lowest BCUT2D eigenvalue weighted by Gasteiger charge is -2.32. The van der Waals surface area contributed by atoms with Gasteiger partial charge in [-0.05, 0) is 59.2 Å². The molecule has 0 aliphatic carbocycles. The molecule has 0 saturated carbocycles. The molecule has 1 amide bonds. The van der Waals surface area contributed by atoms with Gasteiger partial charge in [-0.2, -0.15) is 0 Å². The molecule has 2 aromatic carbocycles. The number of carbonyl (C=O) groups is 1. The Bertz CT molecular complexity index is 776. The third-order valence-electron chi connectivity index (χ3n) is 4.86. The number of nitrogens with one attached hydrogen (secondary N) is 1. The number of hydrogen-bond donors (Lipinski definition) is 1. The molecule has 0 bridgehead atoms. The fourth-order valence-corrected chi connectivity index (χ4v) is 3.61. The second kappa shape index (κ2) is 10.6. The summed E-state index contributed by atoms with van der Waals surface area (Å²) in [5, 5.41) is 3.01. The highest BCUT2D eigenvalue weighted by atomic mass is 79.9. The molecule has 0 spiro atoms. The molecule has 0 unspecified atom stereocenters. The summed E-state index contributed by atoms with van der Waals surface area (Å²) in [6, 6.07) is 15.9. The van der Waals surface area contributed by atoms with Gasteiger partial charge in [0.15, 0.2) is 0 Å². The largest absolute Gasteiger partial charge is 0.492 e. The van der Waals surface area contributed by atoms with Gasteiger partial charge in [0.05, 0.1) is 11.1 Å². The first kappa shape index (κ1) is 20.8. The van der Waals surface area contributed by atoms with Crippen molar-refractivity contribution in [2.45, 2.75) is 19.4 Å². The number of carbonyl (C=O) groups excluding carboxylic acids is 1. The van der Waals surface area contributed by atoms with E-state index in [4.69, 9.17) is 4.74 Å². The maximum absolute atomic E-state index is 12.2. The maximum atomic E-state index is 12.2. The van der Waals surface area contributed by atoms with Gasteiger partial charge in [-0.1, -0.05) is 24.3 Å². The van der Waals surface area contributed by atoms with Crippen LogP contribution in [-0.4, -0.2) is 55.5 Å². The zero-order chi connectivity index (χ0) is 19.8. The first-order chi connectivity index (χ1) is 13.6. The minimum absolute atomic E-state index is 0.0208. The Labute approximate surface area is 175 Å². The fraction of sp³-hybridized carbons (Fsp3) is 0.409. The topological polar surface area (TPSA) is 44.8 Å². The zero-order valence-electron chi connectivity index (χ0n) is 16.4. The predicted molar refractivity (Wildman–Crippen MR) is 117 cm³/mol. The van der Waals surface area contributed by atoms with Crippen molar-refractivity contribution in [3.05, 3.63) is 58.6 Å². The lowest BCUT2D eigenvalue weighted by molar-refractivity contribution is -0.116. The van der Waals surface area contributed by atoms with Crippen molar-refractivity contribution in [2.24, 2.45) is 0 Å². The molecule has 1 N–H and O–H groups in total. The third kappa shape index (κ3) is 6.62. The van der Waals surface area contributed by atoms with E-state index in [9.17, 15) is 4.79 Å². The Kier molecular flexibility index (Phi) is 7.89. The Morgan fingerprint density at radius 2 is 1.89 bits per heavy atom. The van der Waals surface area contributed by atoms with E-state index in [1.807, 2.05) is 36.4 Å². The molecule has 5 nitrogen and oxygen atoms in total.